The van der Waals surface area contributed by atoms with Crippen LogP contribution in [0.15, 0.2) is 0 Å². The topological polar surface area (TPSA) is 19.0 Å². The van der Waals surface area contributed by atoms with E-state index < -0.39 is 0 Å². The lowest BCUT2D eigenvalue weighted by Gasteiger charge is -2.13. The van der Waals surface area contributed by atoms with E-state index >= 15 is 0 Å². The molecule has 0 radical (unpaired) electrons. The van der Waals surface area contributed by atoms with Crippen LogP contribution in [0.25, 0.3) is 0 Å². The molecule has 0 aromatic rings. The summed E-state index contributed by atoms with van der Waals surface area (Å²) in [7, 11) is 8.20. The molecule has 4 nitrogen and oxygen atoms in total. The third kappa shape index (κ3) is 18.2. The molecule has 0 aliphatic rings. The van der Waals surface area contributed by atoms with E-state index in [-0.39, 0.29) is 0 Å². The van der Waals surface area contributed by atoms with E-state index in [1.165, 1.54) is 19.6 Å². The van der Waals surface area contributed by atoms with Crippen molar-refractivity contribution in [3.05, 3.63) is 0 Å². The summed E-state index contributed by atoms with van der Waals surface area (Å²) in [5, 5.41) is 0. The molecule has 0 heterocycles. The summed E-state index contributed by atoms with van der Waals surface area (Å²) in [5.41, 5.74) is 0. The van der Waals surface area contributed by atoms with Crippen LogP contribution >= 0.6 is 0 Å². The lowest BCUT2D eigenvalue weighted by Crippen LogP contribution is -2.22. The van der Waals surface area contributed by atoms with Crippen LogP contribution in [0.2, 0.25) is 0 Å². The van der Waals surface area contributed by atoms with Gasteiger partial charge >= 0.3 is 0 Å². The Balaban J connectivity index is 0. The highest BCUT2D eigenvalue weighted by Crippen LogP contribution is 1.81. The van der Waals surface area contributed by atoms with Crippen molar-refractivity contribution in [1.29, 1.82) is 0 Å². The molecule has 18 heavy (non-hydrogen) atoms. The molecule has 0 aromatic heterocycles. The monoisotopic (exact) mass is 261 g/mol. The molecule has 4 heteroatoms. The maximum atomic E-state index is 5.37. The zero-order valence-corrected chi connectivity index (χ0v) is 13.7. The van der Waals surface area contributed by atoms with Crippen LogP contribution in [0, 0.1) is 0 Å². The fourth-order valence-electron chi connectivity index (χ4n) is 1.27. The molecule has 0 aliphatic heterocycles. The molecule has 112 valence electrons. The first-order valence-electron chi connectivity index (χ1n) is 7.07. The van der Waals surface area contributed by atoms with E-state index in [1.54, 1.807) is 0 Å². The lowest BCUT2D eigenvalue weighted by molar-refractivity contribution is 0.104. The Morgan fingerprint density at radius 1 is 0.667 bits per heavy atom. The molecule has 0 fully saturated rings. The van der Waals surface area contributed by atoms with Crippen molar-refractivity contribution in [2.45, 2.75) is 20.8 Å². The summed E-state index contributed by atoms with van der Waals surface area (Å²) in [6.45, 7) is 13.8. The van der Waals surface area contributed by atoms with Crippen molar-refractivity contribution >= 4 is 0 Å². The first-order chi connectivity index (χ1) is 8.47. The maximum absolute atomic E-state index is 5.37. The van der Waals surface area contributed by atoms with E-state index in [2.05, 4.69) is 63.7 Å². The summed E-state index contributed by atoms with van der Waals surface area (Å²) >= 11 is 0. The van der Waals surface area contributed by atoms with Gasteiger partial charge in [0, 0.05) is 13.1 Å². The number of likely N-dealkylation sites (N-methyl/N-ethyl adjacent to an activating group) is 2. The molecule has 0 rings (SSSR count). The Morgan fingerprint density at radius 2 is 1.00 bits per heavy atom. The Hall–Kier alpha value is -0.160. The van der Waals surface area contributed by atoms with Crippen LogP contribution < -0.4 is 0 Å². The highest BCUT2D eigenvalue weighted by Gasteiger charge is 1.91. The smallest absolute Gasteiger partial charge is 0.0593 e. The molecule has 0 saturated heterocycles. The van der Waals surface area contributed by atoms with Crippen LogP contribution in [-0.2, 0) is 4.74 Å². The third-order valence-electron chi connectivity index (χ3n) is 2.71. The summed E-state index contributed by atoms with van der Waals surface area (Å²) in [4.78, 5) is 6.62. The number of ether oxygens (including phenoxy) is 1. The Bertz CT molecular complexity index is 132. The Labute approximate surface area is 115 Å². The van der Waals surface area contributed by atoms with Gasteiger partial charge in [0.05, 0.1) is 13.2 Å². The maximum Gasteiger partial charge on any atom is 0.0593 e. The molecule has 0 atom stereocenters. The quantitative estimate of drug-likeness (QED) is 0.585. The second-order valence-electron chi connectivity index (χ2n) is 4.84. The van der Waals surface area contributed by atoms with Crippen molar-refractivity contribution in [2.75, 3.05) is 74.1 Å². The molecule has 0 saturated carbocycles. The van der Waals surface area contributed by atoms with Gasteiger partial charge in [0.2, 0.25) is 0 Å². The summed E-state index contributed by atoms with van der Waals surface area (Å²) in [5.74, 6) is 0. The van der Waals surface area contributed by atoms with Gasteiger partial charge in [-0.3, -0.25) is 0 Å². The Kier molecular flexibility index (Phi) is 16.7. The molecular formula is C14H35N3O. The SMILES string of the molecule is CCN(CC)CC.CN(C)CCOCCN(C)C. The van der Waals surface area contributed by atoms with Gasteiger partial charge in [-0.15, -0.1) is 0 Å². The van der Waals surface area contributed by atoms with Crippen LogP contribution in [0.4, 0.5) is 0 Å². The number of hydrogen-bond acceptors (Lipinski definition) is 4. The molecule has 0 N–H and O–H groups in total. The van der Waals surface area contributed by atoms with E-state index in [1.807, 2.05) is 0 Å². The highest BCUT2D eigenvalue weighted by atomic mass is 16.5. The fraction of sp³-hybridized carbons (Fsp3) is 1.00. The van der Waals surface area contributed by atoms with Crippen molar-refractivity contribution in [3.8, 4) is 0 Å². The average molecular weight is 261 g/mol. The predicted octanol–water partition coefficient (Wildman–Crippen LogP) is 1.47. The molecular weight excluding hydrogens is 226 g/mol. The molecule has 0 unspecified atom stereocenters. The predicted molar refractivity (Wildman–Crippen MR) is 81.4 cm³/mol. The molecule has 0 amide bonds. The van der Waals surface area contributed by atoms with Gasteiger partial charge in [0.15, 0.2) is 0 Å². The molecule has 0 aromatic carbocycles. The zero-order valence-electron chi connectivity index (χ0n) is 13.7. The third-order valence-corrected chi connectivity index (χ3v) is 2.71. The average Bonchev–Trinajstić information content (AvgIpc) is 2.31. The number of rotatable bonds is 9. The van der Waals surface area contributed by atoms with Gasteiger partial charge in [0.1, 0.15) is 0 Å². The minimum atomic E-state index is 0.834. The minimum Gasteiger partial charge on any atom is -0.379 e. The summed E-state index contributed by atoms with van der Waals surface area (Å²) < 4.78 is 5.37. The minimum absolute atomic E-state index is 0.834. The van der Waals surface area contributed by atoms with E-state index in [4.69, 9.17) is 4.74 Å². The van der Waals surface area contributed by atoms with Crippen molar-refractivity contribution in [2.24, 2.45) is 0 Å². The molecule has 0 spiro atoms. The first kappa shape index (κ1) is 20.2. The van der Waals surface area contributed by atoms with Gasteiger partial charge in [0.25, 0.3) is 0 Å². The molecule has 0 aliphatic carbocycles. The molecule has 0 bridgehead atoms. The van der Waals surface area contributed by atoms with Gasteiger partial charge < -0.3 is 19.4 Å². The van der Waals surface area contributed by atoms with Crippen LogP contribution in [0.5, 0.6) is 0 Å². The van der Waals surface area contributed by atoms with Gasteiger partial charge in [-0.25, -0.2) is 0 Å². The lowest BCUT2D eigenvalue weighted by atomic mass is 10.5. The van der Waals surface area contributed by atoms with Gasteiger partial charge in [-0.2, -0.15) is 0 Å². The van der Waals surface area contributed by atoms with Crippen molar-refractivity contribution in [3.63, 3.8) is 0 Å². The standard InChI is InChI=1S/C8H20N2O.C6H15N/c1-9(2)5-7-11-8-6-10(3)4;1-4-7(5-2)6-3/h5-8H2,1-4H3;4-6H2,1-3H3. The number of nitrogens with zero attached hydrogens (tertiary/aromatic N) is 3. The fourth-order valence-corrected chi connectivity index (χ4v) is 1.27. The van der Waals surface area contributed by atoms with Gasteiger partial charge in [-0.1, -0.05) is 20.8 Å². The Morgan fingerprint density at radius 3 is 1.17 bits per heavy atom. The highest BCUT2D eigenvalue weighted by molar-refractivity contribution is 4.44. The zero-order chi connectivity index (χ0) is 14.4. The van der Waals surface area contributed by atoms with Gasteiger partial charge in [-0.05, 0) is 47.8 Å². The second-order valence-corrected chi connectivity index (χ2v) is 4.84. The second kappa shape index (κ2) is 14.9. The first-order valence-corrected chi connectivity index (χ1v) is 7.07. The number of hydrogen-bond donors (Lipinski definition) is 0. The normalized spacial score (nSPS) is 11.0. The van der Waals surface area contributed by atoms with E-state index in [0.29, 0.717) is 0 Å². The van der Waals surface area contributed by atoms with Crippen LogP contribution in [-0.4, -0.2) is 88.8 Å². The van der Waals surface area contributed by atoms with E-state index in [9.17, 15) is 0 Å². The van der Waals surface area contributed by atoms with E-state index in [0.717, 1.165) is 26.3 Å². The summed E-state index contributed by atoms with van der Waals surface area (Å²) in [6, 6.07) is 0. The van der Waals surface area contributed by atoms with Crippen LogP contribution in [0.3, 0.4) is 0 Å². The van der Waals surface area contributed by atoms with Crippen LogP contribution in [0.1, 0.15) is 20.8 Å². The largest absolute Gasteiger partial charge is 0.379 e. The van der Waals surface area contributed by atoms with Crippen molar-refractivity contribution < 1.29 is 4.74 Å². The summed E-state index contributed by atoms with van der Waals surface area (Å²) in [6.07, 6.45) is 0. The van der Waals surface area contributed by atoms with Crippen molar-refractivity contribution in [1.82, 2.24) is 14.7 Å².